The van der Waals surface area contributed by atoms with Gasteiger partial charge < -0.3 is 10.4 Å². The molecule has 0 fully saturated rings. The quantitative estimate of drug-likeness (QED) is 0.657. The third-order valence-electron chi connectivity index (χ3n) is 2.11. The highest BCUT2D eigenvalue weighted by molar-refractivity contribution is 4.97. The fraction of sp³-hybridized carbons (Fsp3) is 0.778. The van der Waals surface area contributed by atoms with Crippen LogP contribution in [0.2, 0.25) is 0 Å². The van der Waals surface area contributed by atoms with E-state index < -0.39 is 19.1 Å². The van der Waals surface area contributed by atoms with Crippen LogP contribution >= 0.6 is 0 Å². The smallest absolute Gasteiger partial charge is 0.282 e. The van der Waals surface area contributed by atoms with E-state index in [1.54, 1.807) is 0 Å². The van der Waals surface area contributed by atoms with Crippen molar-refractivity contribution in [3.8, 4) is 0 Å². The van der Waals surface area contributed by atoms with Crippen LogP contribution in [0.25, 0.3) is 0 Å². The molecule has 0 radical (unpaired) electrons. The van der Waals surface area contributed by atoms with Gasteiger partial charge in [0.15, 0.2) is 0 Å². The molecule has 0 aromatic rings. The first-order valence-corrected chi connectivity index (χ1v) is 4.53. The normalized spacial score (nSPS) is 23.5. The molecule has 2 nitrogen and oxygen atoms in total. The summed E-state index contributed by atoms with van der Waals surface area (Å²) in [5.41, 5.74) is 0. The van der Waals surface area contributed by atoms with Gasteiger partial charge >= 0.3 is 0 Å². The van der Waals surface area contributed by atoms with Gasteiger partial charge in [-0.15, -0.1) is 0 Å². The maximum Gasteiger partial charge on any atom is 0.282 e. The average molecular weight is 191 g/mol. The van der Waals surface area contributed by atoms with Gasteiger partial charge in [-0.25, -0.2) is 8.78 Å². The zero-order chi connectivity index (χ0) is 9.73. The van der Waals surface area contributed by atoms with Crippen LogP contribution in [0.3, 0.4) is 0 Å². The average Bonchev–Trinajstić information content (AvgIpc) is 2.17. The molecule has 1 aliphatic rings. The Morgan fingerprint density at radius 3 is 2.85 bits per heavy atom. The summed E-state index contributed by atoms with van der Waals surface area (Å²) in [5.74, 6) is -2.99. The number of allylic oxidation sites excluding steroid dienone is 1. The molecule has 1 aliphatic carbocycles. The molecule has 4 heteroatoms. The lowest BCUT2D eigenvalue weighted by Crippen LogP contribution is -2.40. The molecule has 0 saturated heterocycles. The number of aliphatic hydroxyl groups is 1. The van der Waals surface area contributed by atoms with Crippen molar-refractivity contribution in [3.63, 3.8) is 0 Å². The molecule has 76 valence electrons. The molecule has 0 spiro atoms. The van der Waals surface area contributed by atoms with E-state index in [1.807, 2.05) is 12.2 Å². The fourth-order valence-corrected chi connectivity index (χ4v) is 1.32. The molecule has 0 heterocycles. The number of aliphatic hydroxyl groups excluding tert-OH is 1. The second kappa shape index (κ2) is 4.67. The van der Waals surface area contributed by atoms with Gasteiger partial charge in [0.25, 0.3) is 5.92 Å². The standard InChI is InChI=1S/C9H15F2NO/c10-9(11,7-13)6-12-8-4-2-1-3-5-8/h2,4,8,12-13H,1,3,5-7H2. The van der Waals surface area contributed by atoms with Crippen LogP contribution in [0.5, 0.6) is 0 Å². The molecule has 0 aliphatic heterocycles. The molecule has 1 unspecified atom stereocenters. The van der Waals surface area contributed by atoms with E-state index in [2.05, 4.69) is 5.32 Å². The van der Waals surface area contributed by atoms with Crippen molar-refractivity contribution >= 4 is 0 Å². The summed E-state index contributed by atoms with van der Waals surface area (Å²) in [6.07, 6.45) is 6.89. The largest absolute Gasteiger partial charge is 0.390 e. The van der Waals surface area contributed by atoms with E-state index in [-0.39, 0.29) is 6.04 Å². The van der Waals surface area contributed by atoms with Crippen LogP contribution in [0.1, 0.15) is 19.3 Å². The van der Waals surface area contributed by atoms with Gasteiger partial charge in [0.2, 0.25) is 0 Å². The van der Waals surface area contributed by atoms with Gasteiger partial charge in [-0.3, -0.25) is 0 Å². The fourth-order valence-electron chi connectivity index (χ4n) is 1.32. The first-order chi connectivity index (χ1) is 6.14. The molecule has 0 saturated carbocycles. The molecular weight excluding hydrogens is 176 g/mol. The Labute approximate surface area is 76.6 Å². The van der Waals surface area contributed by atoms with E-state index in [0.29, 0.717) is 0 Å². The Hall–Kier alpha value is -0.480. The monoisotopic (exact) mass is 191 g/mol. The van der Waals surface area contributed by atoms with Gasteiger partial charge in [0.05, 0.1) is 6.54 Å². The number of rotatable bonds is 4. The van der Waals surface area contributed by atoms with Crippen molar-refractivity contribution in [1.82, 2.24) is 5.32 Å². The first-order valence-electron chi connectivity index (χ1n) is 4.53. The Bertz CT molecular complexity index is 182. The van der Waals surface area contributed by atoms with Crippen molar-refractivity contribution in [3.05, 3.63) is 12.2 Å². The van der Waals surface area contributed by atoms with Crippen LogP contribution in [-0.4, -0.2) is 30.2 Å². The molecule has 2 N–H and O–H groups in total. The molecular formula is C9H15F2NO. The zero-order valence-electron chi connectivity index (χ0n) is 7.47. The van der Waals surface area contributed by atoms with E-state index in [4.69, 9.17) is 5.11 Å². The van der Waals surface area contributed by atoms with E-state index in [0.717, 1.165) is 19.3 Å². The van der Waals surface area contributed by atoms with Gasteiger partial charge in [0, 0.05) is 6.04 Å². The van der Waals surface area contributed by atoms with Crippen molar-refractivity contribution in [2.45, 2.75) is 31.2 Å². The number of alkyl halides is 2. The molecule has 0 bridgehead atoms. The molecule has 1 atom stereocenters. The summed E-state index contributed by atoms with van der Waals surface area (Å²) in [6.45, 7) is -1.53. The Balaban J connectivity index is 2.25. The summed E-state index contributed by atoms with van der Waals surface area (Å²) in [7, 11) is 0. The maximum atomic E-state index is 12.6. The summed E-state index contributed by atoms with van der Waals surface area (Å²) < 4.78 is 25.1. The second-order valence-corrected chi connectivity index (χ2v) is 3.36. The minimum Gasteiger partial charge on any atom is -0.390 e. The van der Waals surface area contributed by atoms with Crippen LogP contribution < -0.4 is 5.32 Å². The molecule has 0 amide bonds. The van der Waals surface area contributed by atoms with Gasteiger partial charge in [0.1, 0.15) is 6.61 Å². The number of hydrogen-bond acceptors (Lipinski definition) is 2. The molecule has 0 aromatic heterocycles. The van der Waals surface area contributed by atoms with Crippen molar-refractivity contribution < 1.29 is 13.9 Å². The minimum absolute atomic E-state index is 0.0474. The van der Waals surface area contributed by atoms with Gasteiger partial charge in [-0.2, -0.15) is 0 Å². The van der Waals surface area contributed by atoms with Crippen molar-refractivity contribution in [2.75, 3.05) is 13.2 Å². The van der Waals surface area contributed by atoms with Crippen LogP contribution in [0, 0.1) is 0 Å². The van der Waals surface area contributed by atoms with E-state index in [1.165, 1.54) is 0 Å². The van der Waals surface area contributed by atoms with E-state index >= 15 is 0 Å². The summed E-state index contributed by atoms with van der Waals surface area (Å²) in [4.78, 5) is 0. The molecule has 13 heavy (non-hydrogen) atoms. The van der Waals surface area contributed by atoms with Crippen molar-refractivity contribution in [2.24, 2.45) is 0 Å². The highest BCUT2D eigenvalue weighted by Crippen LogP contribution is 2.14. The topological polar surface area (TPSA) is 32.3 Å². The SMILES string of the molecule is OCC(F)(F)CNC1C=CCCC1. The summed E-state index contributed by atoms with van der Waals surface area (Å²) >= 11 is 0. The van der Waals surface area contributed by atoms with E-state index in [9.17, 15) is 8.78 Å². The first kappa shape index (κ1) is 10.6. The van der Waals surface area contributed by atoms with Crippen molar-refractivity contribution in [1.29, 1.82) is 0 Å². The van der Waals surface area contributed by atoms with Crippen LogP contribution in [0.4, 0.5) is 8.78 Å². The molecule has 0 aromatic carbocycles. The predicted molar refractivity (Wildman–Crippen MR) is 46.8 cm³/mol. The highest BCUT2D eigenvalue weighted by atomic mass is 19.3. The lowest BCUT2D eigenvalue weighted by atomic mass is 10.0. The second-order valence-electron chi connectivity index (χ2n) is 3.36. The van der Waals surface area contributed by atoms with Crippen LogP contribution in [-0.2, 0) is 0 Å². The third kappa shape index (κ3) is 3.83. The van der Waals surface area contributed by atoms with Gasteiger partial charge in [-0.05, 0) is 19.3 Å². The Morgan fingerprint density at radius 2 is 2.31 bits per heavy atom. The summed E-state index contributed by atoms with van der Waals surface area (Å²) in [6, 6.07) is 0.0474. The number of nitrogens with one attached hydrogen (secondary N) is 1. The third-order valence-corrected chi connectivity index (χ3v) is 2.11. The lowest BCUT2D eigenvalue weighted by molar-refractivity contribution is -0.0487. The maximum absolute atomic E-state index is 12.6. The summed E-state index contributed by atoms with van der Waals surface area (Å²) in [5, 5.41) is 11.0. The van der Waals surface area contributed by atoms with Crippen LogP contribution in [0.15, 0.2) is 12.2 Å². The van der Waals surface area contributed by atoms with Gasteiger partial charge in [-0.1, -0.05) is 12.2 Å². The number of halogens is 2. The molecule has 1 rings (SSSR count). The zero-order valence-corrected chi connectivity index (χ0v) is 7.47. The number of hydrogen-bond donors (Lipinski definition) is 2. The Kier molecular flexibility index (Phi) is 3.81. The highest BCUT2D eigenvalue weighted by Gasteiger charge is 2.28. The predicted octanol–water partition coefficient (Wildman–Crippen LogP) is 1.31. The Morgan fingerprint density at radius 1 is 1.54 bits per heavy atom. The minimum atomic E-state index is -2.99. The lowest BCUT2D eigenvalue weighted by Gasteiger charge is -2.21.